The van der Waals surface area contributed by atoms with Crippen LogP contribution < -0.4 is 10.6 Å². The minimum absolute atomic E-state index is 0.0546. The van der Waals surface area contributed by atoms with Crippen LogP contribution in [0.15, 0.2) is 18.5 Å². The highest BCUT2D eigenvalue weighted by Gasteiger charge is 2.13. The van der Waals surface area contributed by atoms with Gasteiger partial charge in [0, 0.05) is 19.8 Å². The summed E-state index contributed by atoms with van der Waals surface area (Å²) in [5, 5.41) is 5.88. The van der Waals surface area contributed by atoms with E-state index in [4.69, 9.17) is 0 Å². The molecule has 17 heavy (non-hydrogen) atoms. The van der Waals surface area contributed by atoms with Gasteiger partial charge in [0.15, 0.2) is 0 Å². The normalized spacial score (nSPS) is 11.1. The fourth-order valence-corrected chi connectivity index (χ4v) is 1.44. The van der Waals surface area contributed by atoms with Crippen LogP contribution in [0.5, 0.6) is 0 Å². The van der Waals surface area contributed by atoms with E-state index in [-0.39, 0.29) is 11.3 Å². The van der Waals surface area contributed by atoms with Gasteiger partial charge in [-0.2, -0.15) is 0 Å². The van der Waals surface area contributed by atoms with Gasteiger partial charge in [0.25, 0.3) is 5.91 Å². The van der Waals surface area contributed by atoms with Gasteiger partial charge < -0.3 is 10.6 Å². The van der Waals surface area contributed by atoms with Gasteiger partial charge in [-0.25, -0.2) is 0 Å². The predicted octanol–water partition coefficient (Wildman–Crippen LogP) is 2.29. The van der Waals surface area contributed by atoms with Crippen LogP contribution in [-0.2, 0) is 0 Å². The van der Waals surface area contributed by atoms with Crippen LogP contribution in [-0.4, -0.2) is 24.5 Å². The van der Waals surface area contributed by atoms with Crippen molar-refractivity contribution in [1.82, 2.24) is 10.3 Å². The summed E-state index contributed by atoms with van der Waals surface area (Å²) in [7, 11) is 1.78. The molecule has 0 spiro atoms. The minimum atomic E-state index is -0.0546. The zero-order valence-corrected chi connectivity index (χ0v) is 11.0. The Kier molecular flexibility index (Phi) is 4.49. The number of rotatable bonds is 4. The average Bonchev–Trinajstić information content (AvgIpc) is 2.27. The first-order valence-corrected chi connectivity index (χ1v) is 5.84. The van der Waals surface area contributed by atoms with E-state index in [0.717, 1.165) is 12.1 Å². The summed E-state index contributed by atoms with van der Waals surface area (Å²) in [4.78, 5) is 15.9. The molecule has 0 atom stereocenters. The largest absolute Gasteiger partial charge is 0.386 e. The Balaban J connectivity index is 2.58. The van der Waals surface area contributed by atoms with E-state index in [9.17, 15) is 4.79 Å². The third-order valence-corrected chi connectivity index (χ3v) is 2.50. The molecule has 1 aromatic rings. The molecule has 0 radical (unpaired) electrons. The first kappa shape index (κ1) is 13.5. The number of anilines is 1. The zero-order valence-electron chi connectivity index (χ0n) is 11.0. The molecular weight excluding hydrogens is 214 g/mol. The number of hydrogen-bond donors (Lipinski definition) is 2. The summed E-state index contributed by atoms with van der Waals surface area (Å²) >= 11 is 0. The predicted molar refractivity (Wildman–Crippen MR) is 70.2 cm³/mol. The molecule has 2 N–H and O–H groups in total. The molecule has 0 unspecified atom stereocenters. The van der Waals surface area contributed by atoms with Crippen LogP contribution in [0.3, 0.4) is 0 Å². The number of aromatic nitrogens is 1. The van der Waals surface area contributed by atoms with Gasteiger partial charge >= 0.3 is 0 Å². The van der Waals surface area contributed by atoms with Crippen LogP contribution in [0.1, 0.15) is 37.6 Å². The highest BCUT2D eigenvalue weighted by Crippen LogP contribution is 2.17. The molecule has 0 bridgehead atoms. The fourth-order valence-electron chi connectivity index (χ4n) is 1.44. The summed E-state index contributed by atoms with van der Waals surface area (Å²) in [6.45, 7) is 7.16. The maximum absolute atomic E-state index is 11.9. The molecule has 0 aliphatic rings. The fraction of sp³-hybridized carbons (Fsp3) is 0.538. The quantitative estimate of drug-likeness (QED) is 0.842. The van der Waals surface area contributed by atoms with Crippen molar-refractivity contribution in [3.63, 3.8) is 0 Å². The van der Waals surface area contributed by atoms with Gasteiger partial charge in [-0.05, 0) is 17.9 Å². The van der Waals surface area contributed by atoms with Gasteiger partial charge in [-0.3, -0.25) is 9.78 Å². The van der Waals surface area contributed by atoms with Gasteiger partial charge in [-0.1, -0.05) is 20.8 Å². The molecule has 4 heteroatoms. The number of carbonyl (C=O) groups is 1. The minimum Gasteiger partial charge on any atom is -0.386 e. The molecule has 0 fully saturated rings. The second-order valence-corrected chi connectivity index (χ2v) is 5.24. The molecule has 1 aromatic heterocycles. The molecular formula is C13H21N3O. The third kappa shape index (κ3) is 4.43. The molecule has 94 valence electrons. The molecule has 0 aliphatic carbocycles. The Bertz CT molecular complexity index is 382. The number of amides is 1. The molecule has 0 aliphatic heterocycles. The summed E-state index contributed by atoms with van der Waals surface area (Å²) in [6.07, 6.45) is 4.23. The smallest absolute Gasteiger partial charge is 0.253 e. The highest BCUT2D eigenvalue weighted by atomic mass is 16.1. The molecule has 1 rings (SSSR count). The molecule has 0 saturated heterocycles. The second-order valence-electron chi connectivity index (χ2n) is 5.24. The lowest BCUT2D eigenvalue weighted by atomic mass is 9.92. The summed E-state index contributed by atoms with van der Waals surface area (Å²) < 4.78 is 0. The topological polar surface area (TPSA) is 54.0 Å². The van der Waals surface area contributed by atoms with Gasteiger partial charge in [-0.15, -0.1) is 0 Å². The number of carbonyl (C=O) groups excluding carboxylic acids is 1. The van der Waals surface area contributed by atoms with E-state index in [1.54, 1.807) is 25.5 Å². The van der Waals surface area contributed by atoms with Gasteiger partial charge in [0.05, 0.1) is 17.4 Å². The van der Waals surface area contributed by atoms with E-state index in [0.29, 0.717) is 12.1 Å². The third-order valence-electron chi connectivity index (χ3n) is 2.50. The Morgan fingerprint density at radius 1 is 1.41 bits per heavy atom. The molecule has 1 heterocycles. The van der Waals surface area contributed by atoms with Gasteiger partial charge in [0.2, 0.25) is 0 Å². The molecule has 0 saturated carbocycles. The first-order valence-electron chi connectivity index (χ1n) is 5.84. The van der Waals surface area contributed by atoms with Crippen LogP contribution in [0.4, 0.5) is 5.69 Å². The summed E-state index contributed by atoms with van der Waals surface area (Å²) in [5.41, 5.74) is 1.62. The van der Waals surface area contributed by atoms with Crippen LogP contribution in [0.2, 0.25) is 0 Å². The van der Waals surface area contributed by atoms with E-state index >= 15 is 0 Å². The lowest BCUT2D eigenvalue weighted by Crippen LogP contribution is -2.27. The number of hydrogen-bond acceptors (Lipinski definition) is 3. The maximum atomic E-state index is 11.9. The molecule has 4 nitrogen and oxygen atoms in total. The second kappa shape index (κ2) is 5.66. The number of nitrogens with one attached hydrogen (secondary N) is 2. The van der Waals surface area contributed by atoms with Crippen molar-refractivity contribution in [2.24, 2.45) is 5.41 Å². The highest BCUT2D eigenvalue weighted by molar-refractivity contribution is 5.99. The Morgan fingerprint density at radius 2 is 2.12 bits per heavy atom. The maximum Gasteiger partial charge on any atom is 0.253 e. The lowest BCUT2D eigenvalue weighted by molar-refractivity contribution is 0.0950. The SMILES string of the molecule is CNc1cnccc1C(=O)NCCC(C)(C)C. The standard InChI is InChI=1S/C13H21N3O/c1-13(2,3)6-8-16-12(17)10-5-7-15-9-11(10)14-4/h5,7,9,14H,6,8H2,1-4H3,(H,16,17). The van der Waals surface area contributed by atoms with Crippen LogP contribution in [0, 0.1) is 5.41 Å². The van der Waals surface area contributed by atoms with Crippen molar-refractivity contribution in [3.05, 3.63) is 24.0 Å². The molecule has 1 amide bonds. The van der Waals surface area contributed by atoms with Crippen molar-refractivity contribution in [2.75, 3.05) is 18.9 Å². The average molecular weight is 235 g/mol. The Hall–Kier alpha value is -1.58. The van der Waals surface area contributed by atoms with Crippen molar-refractivity contribution >= 4 is 11.6 Å². The van der Waals surface area contributed by atoms with E-state index < -0.39 is 0 Å². The monoisotopic (exact) mass is 235 g/mol. The van der Waals surface area contributed by atoms with E-state index in [1.165, 1.54) is 0 Å². The Labute approximate surface area is 103 Å². The molecule has 0 aromatic carbocycles. The van der Waals surface area contributed by atoms with Crippen LogP contribution >= 0.6 is 0 Å². The van der Waals surface area contributed by atoms with Crippen molar-refractivity contribution in [1.29, 1.82) is 0 Å². The number of nitrogens with zero attached hydrogens (tertiary/aromatic N) is 1. The number of pyridine rings is 1. The lowest BCUT2D eigenvalue weighted by Gasteiger charge is -2.18. The zero-order chi connectivity index (χ0) is 12.9. The van der Waals surface area contributed by atoms with E-state index in [2.05, 4.69) is 36.4 Å². The summed E-state index contributed by atoms with van der Waals surface area (Å²) in [5.74, 6) is -0.0546. The van der Waals surface area contributed by atoms with Crippen molar-refractivity contribution in [3.8, 4) is 0 Å². The Morgan fingerprint density at radius 3 is 2.71 bits per heavy atom. The van der Waals surface area contributed by atoms with Crippen LogP contribution in [0.25, 0.3) is 0 Å². The van der Waals surface area contributed by atoms with Gasteiger partial charge in [0.1, 0.15) is 0 Å². The summed E-state index contributed by atoms with van der Waals surface area (Å²) in [6, 6.07) is 1.72. The van der Waals surface area contributed by atoms with E-state index in [1.807, 2.05) is 0 Å². The first-order chi connectivity index (χ1) is 7.94. The van der Waals surface area contributed by atoms with Crippen molar-refractivity contribution < 1.29 is 4.79 Å². The van der Waals surface area contributed by atoms with Crippen molar-refractivity contribution in [2.45, 2.75) is 27.2 Å².